The summed E-state index contributed by atoms with van der Waals surface area (Å²) in [5, 5.41) is 6.99. The number of hydrogen-bond donors (Lipinski definition) is 3. The van der Waals surface area contributed by atoms with Crippen LogP contribution in [0.3, 0.4) is 0 Å². The summed E-state index contributed by atoms with van der Waals surface area (Å²) >= 11 is 7.40. The summed E-state index contributed by atoms with van der Waals surface area (Å²) in [4.78, 5) is 9.49. The summed E-state index contributed by atoms with van der Waals surface area (Å²) in [7, 11) is -2.17. The molecule has 3 rings (SSSR count). The van der Waals surface area contributed by atoms with Gasteiger partial charge in [-0.2, -0.15) is 0 Å². The highest BCUT2D eigenvalue weighted by molar-refractivity contribution is 7.98. The first-order valence-electron chi connectivity index (χ1n) is 8.14. The highest BCUT2D eigenvalue weighted by Crippen LogP contribution is 2.30. The Balaban J connectivity index is 1.87. The quantitative estimate of drug-likeness (QED) is 0.477. The molecule has 0 aliphatic carbocycles. The van der Waals surface area contributed by atoms with Crippen LogP contribution in [0.2, 0.25) is 5.02 Å². The second-order valence-corrected chi connectivity index (χ2v) is 8.79. The average Bonchev–Trinajstić information content (AvgIpc) is 2.70. The number of aromatic nitrogens is 2. The lowest BCUT2D eigenvalue weighted by atomic mass is 10.3. The van der Waals surface area contributed by atoms with Crippen LogP contribution >= 0.6 is 23.4 Å². The molecule has 1 aromatic heterocycles. The fourth-order valence-electron chi connectivity index (χ4n) is 2.38. The van der Waals surface area contributed by atoms with Gasteiger partial charge in [0.2, 0.25) is 10.0 Å². The summed E-state index contributed by atoms with van der Waals surface area (Å²) in [6.45, 7) is 0. The number of thioether (sulfide) groups is 1. The van der Waals surface area contributed by atoms with Crippen molar-refractivity contribution in [1.29, 1.82) is 0 Å². The Labute approximate surface area is 173 Å². The number of halogens is 1. The Kier molecular flexibility index (Phi) is 6.40. The van der Waals surface area contributed by atoms with Gasteiger partial charge in [0.15, 0.2) is 0 Å². The molecule has 0 fully saturated rings. The van der Waals surface area contributed by atoms with Crippen molar-refractivity contribution in [3.63, 3.8) is 0 Å². The van der Waals surface area contributed by atoms with Gasteiger partial charge in [0.25, 0.3) is 0 Å². The van der Waals surface area contributed by atoms with Crippen molar-refractivity contribution < 1.29 is 8.42 Å². The predicted molar refractivity (Wildman–Crippen MR) is 115 cm³/mol. The van der Waals surface area contributed by atoms with Gasteiger partial charge < -0.3 is 10.6 Å². The Morgan fingerprint density at radius 3 is 2.29 bits per heavy atom. The number of sulfonamides is 1. The molecule has 0 saturated carbocycles. The smallest absolute Gasteiger partial charge is 0.240 e. The number of benzene rings is 2. The van der Waals surface area contributed by atoms with Crippen LogP contribution in [-0.4, -0.2) is 31.7 Å². The molecule has 0 unspecified atom stereocenters. The first-order chi connectivity index (χ1) is 13.4. The molecule has 0 amide bonds. The monoisotopic (exact) mass is 435 g/mol. The van der Waals surface area contributed by atoms with Crippen molar-refractivity contribution in [2.45, 2.75) is 9.79 Å². The van der Waals surface area contributed by atoms with E-state index in [1.807, 2.05) is 18.4 Å². The molecule has 0 saturated heterocycles. The lowest BCUT2D eigenvalue weighted by Crippen LogP contribution is -2.18. The molecule has 0 radical (unpaired) electrons. The molecular weight excluding hydrogens is 418 g/mol. The van der Waals surface area contributed by atoms with Gasteiger partial charge in [0.05, 0.1) is 10.6 Å². The summed E-state index contributed by atoms with van der Waals surface area (Å²) in [5.74, 6) is 1.12. The molecule has 0 bridgehead atoms. The average molecular weight is 436 g/mol. The molecule has 10 heteroatoms. The highest BCUT2D eigenvalue weighted by atomic mass is 35.5. The third-order valence-electron chi connectivity index (χ3n) is 3.80. The van der Waals surface area contributed by atoms with E-state index in [0.717, 1.165) is 10.6 Å². The van der Waals surface area contributed by atoms with Crippen LogP contribution < -0.4 is 15.4 Å². The number of nitrogens with one attached hydrogen (secondary N) is 3. The minimum absolute atomic E-state index is 0.170. The van der Waals surface area contributed by atoms with Crippen molar-refractivity contribution in [3.05, 3.63) is 59.9 Å². The first-order valence-corrected chi connectivity index (χ1v) is 11.2. The predicted octanol–water partition coefficient (Wildman–Crippen LogP) is 4.25. The van der Waals surface area contributed by atoms with E-state index in [9.17, 15) is 8.42 Å². The van der Waals surface area contributed by atoms with Gasteiger partial charge in [-0.25, -0.2) is 23.1 Å². The van der Waals surface area contributed by atoms with Crippen molar-refractivity contribution in [3.8, 4) is 0 Å². The number of rotatable bonds is 7. The molecule has 0 aliphatic rings. The van der Waals surface area contributed by atoms with Crippen molar-refractivity contribution in [2.24, 2.45) is 0 Å². The Bertz CT molecular complexity index is 1080. The van der Waals surface area contributed by atoms with Gasteiger partial charge >= 0.3 is 0 Å². The van der Waals surface area contributed by atoms with Crippen LogP contribution in [0.25, 0.3) is 0 Å². The van der Waals surface area contributed by atoms with Gasteiger partial charge in [-0.1, -0.05) is 11.6 Å². The van der Waals surface area contributed by atoms with Gasteiger partial charge in [-0.3, -0.25) is 0 Å². The molecule has 2 aromatic carbocycles. The maximum atomic E-state index is 12.1. The SMILES string of the molecule is CNS(=O)(=O)c1ccc(SC)c(Nc2cc(Nc3ccc(Cl)cc3)ncn2)c1. The lowest BCUT2D eigenvalue weighted by molar-refractivity contribution is 0.588. The van der Waals surface area contributed by atoms with Crippen LogP contribution in [0.15, 0.2) is 64.6 Å². The fourth-order valence-corrected chi connectivity index (χ4v) is 3.80. The molecule has 0 spiro atoms. The molecule has 146 valence electrons. The van der Waals surface area contributed by atoms with E-state index in [-0.39, 0.29) is 4.90 Å². The van der Waals surface area contributed by atoms with Gasteiger partial charge in [-0.05, 0) is 55.8 Å². The maximum Gasteiger partial charge on any atom is 0.240 e. The second-order valence-electron chi connectivity index (χ2n) is 5.62. The normalized spacial score (nSPS) is 11.2. The topological polar surface area (TPSA) is 96.0 Å². The minimum atomic E-state index is -3.55. The van der Waals surface area contributed by atoms with Crippen molar-refractivity contribution in [1.82, 2.24) is 14.7 Å². The summed E-state index contributed by atoms with van der Waals surface area (Å²) in [6, 6.07) is 13.9. The minimum Gasteiger partial charge on any atom is -0.340 e. The summed E-state index contributed by atoms with van der Waals surface area (Å²) < 4.78 is 26.5. The van der Waals surface area contributed by atoms with E-state index in [1.165, 1.54) is 25.1 Å². The van der Waals surface area contributed by atoms with E-state index in [4.69, 9.17) is 11.6 Å². The van der Waals surface area contributed by atoms with E-state index in [1.54, 1.807) is 36.4 Å². The third-order valence-corrected chi connectivity index (χ3v) is 6.26. The zero-order chi connectivity index (χ0) is 20.1. The summed E-state index contributed by atoms with van der Waals surface area (Å²) in [5.41, 5.74) is 1.47. The number of nitrogens with zero attached hydrogens (tertiary/aromatic N) is 2. The molecule has 28 heavy (non-hydrogen) atoms. The zero-order valence-electron chi connectivity index (χ0n) is 15.1. The van der Waals surface area contributed by atoms with Crippen LogP contribution in [0.1, 0.15) is 0 Å². The third kappa shape index (κ3) is 4.93. The van der Waals surface area contributed by atoms with Crippen molar-refractivity contribution in [2.75, 3.05) is 23.9 Å². The number of anilines is 4. The zero-order valence-corrected chi connectivity index (χ0v) is 17.5. The van der Waals surface area contributed by atoms with Crippen LogP contribution in [0.4, 0.5) is 23.0 Å². The summed E-state index contributed by atoms with van der Waals surface area (Å²) in [6.07, 6.45) is 3.34. The Hall–Kier alpha value is -2.33. The molecule has 7 nitrogen and oxygen atoms in total. The van der Waals surface area contributed by atoms with Crippen LogP contribution in [0, 0.1) is 0 Å². The first kappa shape index (κ1) is 20.4. The van der Waals surface area contributed by atoms with E-state index < -0.39 is 10.0 Å². The number of hydrogen-bond acceptors (Lipinski definition) is 7. The van der Waals surface area contributed by atoms with Gasteiger partial charge in [-0.15, -0.1) is 11.8 Å². The van der Waals surface area contributed by atoms with Crippen molar-refractivity contribution >= 4 is 56.4 Å². The maximum absolute atomic E-state index is 12.1. The Morgan fingerprint density at radius 1 is 0.964 bits per heavy atom. The molecule has 3 N–H and O–H groups in total. The van der Waals surface area contributed by atoms with Gasteiger partial charge in [0, 0.05) is 21.7 Å². The lowest BCUT2D eigenvalue weighted by Gasteiger charge is -2.13. The largest absolute Gasteiger partial charge is 0.340 e. The van der Waals surface area contributed by atoms with E-state index >= 15 is 0 Å². The molecule has 0 atom stereocenters. The highest BCUT2D eigenvalue weighted by Gasteiger charge is 2.14. The van der Waals surface area contributed by atoms with Crippen LogP contribution in [-0.2, 0) is 10.0 Å². The van der Waals surface area contributed by atoms with Crippen LogP contribution in [0.5, 0.6) is 0 Å². The fraction of sp³-hybridized carbons (Fsp3) is 0.111. The van der Waals surface area contributed by atoms with E-state index in [2.05, 4.69) is 25.3 Å². The Morgan fingerprint density at radius 2 is 1.64 bits per heavy atom. The standard InChI is InChI=1S/C18H18ClN5O2S2/c1-20-28(25,26)14-7-8-16(27-2)15(9-14)24-18-10-17(21-11-22-18)23-13-5-3-12(19)4-6-13/h3-11,20H,1-2H3,(H2,21,22,23,24). The molecule has 3 aromatic rings. The van der Waals surface area contributed by atoms with E-state index in [0.29, 0.717) is 22.3 Å². The molecular formula is C18H18ClN5O2S2. The second kappa shape index (κ2) is 8.78. The molecule has 0 aliphatic heterocycles. The van der Waals surface area contributed by atoms with Gasteiger partial charge in [0.1, 0.15) is 18.0 Å². The molecule has 1 heterocycles.